The lowest BCUT2D eigenvalue weighted by Gasteiger charge is -2.34. The maximum absolute atomic E-state index is 12.1. The van der Waals surface area contributed by atoms with Crippen LogP contribution in [0.2, 0.25) is 0 Å². The Labute approximate surface area is 140 Å². The van der Waals surface area contributed by atoms with E-state index in [2.05, 4.69) is 10.6 Å². The van der Waals surface area contributed by atoms with Crippen molar-refractivity contribution in [2.24, 2.45) is 0 Å². The minimum Gasteiger partial charge on any atom is -0.383 e. The fourth-order valence-electron chi connectivity index (χ4n) is 3.11. The van der Waals surface area contributed by atoms with Gasteiger partial charge in [-0.25, -0.2) is 4.79 Å². The second-order valence-electron chi connectivity index (χ2n) is 6.04. The first-order valence-electron chi connectivity index (χ1n) is 7.96. The number of aryl methyl sites for hydroxylation is 1. The highest BCUT2D eigenvalue weighted by Gasteiger charge is 2.34. The van der Waals surface area contributed by atoms with Crippen LogP contribution in [0.5, 0.6) is 0 Å². The number of carbonyl (C=O) groups is 1. The standard InChI is InChI=1S/C19H19N3O2/c20-12-14-7-9-16(10-8-14)22-18(23)21-13-19(24)11-3-5-15-4-1-2-6-17(15)19/h1-2,4,6-10,24H,3,5,11,13H2,(H2,21,22,23). The minimum absolute atomic E-state index is 0.159. The molecule has 0 bridgehead atoms. The molecule has 3 N–H and O–H groups in total. The van der Waals surface area contributed by atoms with E-state index in [9.17, 15) is 9.90 Å². The predicted octanol–water partition coefficient (Wildman–Crippen LogP) is 2.90. The topological polar surface area (TPSA) is 85.2 Å². The zero-order valence-electron chi connectivity index (χ0n) is 13.2. The van der Waals surface area contributed by atoms with Crippen LogP contribution in [0.1, 0.15) is 29.5 Å². The molecule has 0 spiro atoms. The maximum Gasteiger partial charge on any atom is 0.319 e. The summed E-state index contributed by atoms with van der Waals surface area (Å²) in [5.41, 5.74) is 2.14. The monoisotopic (exact) mass is 321 g/mol. The van der Waals surface area contributed by atoms with Crippen LogP contribution in [0, 0.1) is 11.3 Å². The lowest BCUT2D eigenvalue weighted by Crippen LogP contribution is -2.44. The number of hydrogen-bond donors (Lipinski definition) is 3. The minimum atomic E-state index is -1.03. The number of carbonyl (C=O) groups excluding carboxylic acids is 1. The summed E-state index contributed by atoms with van der Waals surface area (Å²) in [5, 5.41) is 25.1. The van der Waals surface area contributed by atoms with E-state index in [1.807, 2.05) is 30.3 Å². The van der Waals surface area contributed by atoms with Crippen LogP contribution in [-0.2, 0) is 12.0 Å². The van der Waals surface area contributed by atoms with Crippen LogP contribution >= 0.6 is 0 Å². The van der Waals surface area contributed by atoms with Gasteiger partial charge in [0.15, 0.2) is 0 Å². The largest absolute Gasteiger partial charge is 0.383 e. The van der Waals surface area contributed by atoms with Gasteiger partial charge in [-0.05, 0) is 54.7 Å². The molecule has 1 atom stereocenters. The first-order valence-corrected chi connectivity index (χ1v) is 7.96. The van der Waals surface area contributed by atoms with Gasteiger partial charge in [-0.1, -0.05) is 24.3 Å². The Morgan fingerprint density at radius 3 is 2.71 bits per heavy atom. The number of nitrogens with zero attached hydrogens (tertiary/aromatic N) is 1. The summed E-state index contributed by atoms with van der Waals surface area (Å²) >= 11 is 0. The number of urea groups is 1. The highest BCUT2D eigenvalue weighted by atomic mass is 16.3. The van der Waals surface area contributed by atoms with Gasteiger partial charge >= 0.3 is 6.03 Å². The Bertz CT molecular complexity index is 780. The molecule has 0 fully saturated rings. The lowest BCUT2D eigenvalue weighted by molar-refractivity contribution is 0.0221. The molecule has 122 valence electrons. The second-order valence-corrected chi connectivity index (χ2v) is 6.04. The van der Waals surface area contributed by atoms with E-state index in [-0.39, 0.29) is 12.6 Å². The smallest absolute Gasteiger partial charge is 0.319 e. The molecule has 0 aliphatic heterocycles. The summed E-state index contributed by atoms with van der Waals surface area (Å²) in [6, 6.07) is 16.1. The van der Waals surface area contributed by atoms with Gasteiger partial charge in [-0.2, -0.15) is 5.26 Å². The zero-order chi connectivity index (χ0) is 17.0. The predicted molar refractivity (Wildman–Crippen MR) is 91.5 cm³/mol. The third-order valence-electron chi connectivity index (χ3n) is 4.37. The third-order valence-corrected chi connectivity index (χ3v) is 4.37. The number of aliphatic hydroxyl groups is 1. The van der Waals surface area contributed by atoms with Crippen LogP contribution in [0.15, 0.2) is 48.5 Å². The third kappa shape index (κ3) is 3.39. The van der Waals surface area contributed by atoms with Crippen LogP contribution in [0.3, 0.4) is 0 Å². The van der Waals surface area contributed by atoms with Crippen molar-refractivity contribution in [3.8, 4) is 6.07 Å². The number of anilines is 1. The second kappa shape index (κ2) is 6.73. The number of nitriles is 1. The van der Waals surface area contributed by atoms with E-state index in [0.717, 1.165) is 24.0 Å². The van der Waals surface area contributed by atoms with Crippen molar-refractivity contribution in [3.05, 3.63) is 65.2 Å². The van der Waals surface area contributed by atoms with Gasteiger partial charge in [0.2, 0.25) is 0 Å². The molecule has 2 amide bonds. The van der Waals surface area contributed by atoms with Crippen molar-refractivity contribution >= 4 is 11.7 Å². The number of rotatable bonds is 3. The molecule has 0 saturated carbocycles. The molecule has 1 aliphatic carbocycles. The summed E-state index contributed by atoms with van der Waals surface area (Å²) in [6.07, 6.45) is 2.48. The fraction of sp³-hybridized carbons (Fsp3) is 0.263. The van der Waals surface area contributed by atoms with Crippen molar-refractivity contribution in [1.82, 2.24) is 5.32 Å². The van der Waals surface area contributed by atoms with Crippen molar-refractivity contribution in [3.63, 3.8) is 0 Å². The van der Waals surface area contributed by atoms with Crippen LogP contribution in [0.25, 0.3) is 0 Å². The molecule has 1 aliphatic rings. The summed E-state index contributed by atoms with van der Waals surface area (Å²) in [5.74, 6) is 0. The van der Waals surface area contributed by atoms with Crippen molar-refractivity contribution < 1.29 is 9.90 Å². The molecule has 5 heteroatoms. The summed E-state index contributed by atoms with van der Waals surface area (Å²) < 4.78 is 0. The quantitative estimate of drug-likeness (QED) is 0.812. The number of nitrogens with one attached hydrogen (secondary N) is 2. The summed E-state index contributed by atoms with van der Waals surface area (Å²) in [6.45, 7) is 0.159. The molecular formula is C19H19N3O2. The first-order chi connectivity index (χ1) is 11.6. The Morgan fingerprint density at radius 1 is 1.21 bits per heavy atom. The lowest BCUT2D eigenvalue weighted by atomic mass is 9.79. The van der Waals surface area contributed by atoms with E-state index >= 15 is 0 Å². The fourth-order valence-corrected chi connectivity index (χ4v) is 3.11. The van der Waals surface area contributed by atoms with Crippen molar-refractivity contribution in [1.29, 1.82) is 5.26 Å². The SMILES string of the molecule is N#Cc1ccc(NC(=O)NCC2(O)CCCc3ccccc32)cc1. The molecule has 0 heterocycles. The number of hydrogen-bond acceptors (Lipinski definition) is 3. The molecule has 0 saturated heterocycles. The van der Waals surface area contributed by atoms with Crippen LogP contribution < -0.4 is 10.6 Å². The Kier molecular flexibility index (Phi) is 4.50. The molecule has 2 aromatic rings. The van der Waals surface area contributed by atoms with Gasteiger partial charge in [0.05, 0.1) is 18.2 Å². The van der Waals surface area contributed by atoms with E-state index < -0.39 is 5.60 Å². The van der Waals surface area contributed by atoms with Gasteiger partial charge in [0.1, 0.15) is 5.60 Å². The maximum atomic E-state index is 12.1. The highest BCUT2D eigenvalue weighted by Crippen LogP contribution is 2.34. The molecule has 5 nitrogen and oxygen atoms in total. The number of fused-ring (bicyclic) bond motifs is 1. The summed E-state index contributed by atoms with van der Waals surface area (Å²) in [7, 11) is 0. The molecule has 1 unspecified atom stereocenters. The van der Waals surface area contributed by atoms with Crippen LogP contribution in [-0.4, -0.2) is 17.7 Å². The van der Waals surface area contributed by atoms with E-state index in [0.29, 0.717) is 17.7 Å². The number of amides is 2. The first kappa shape index (κ1) is 16.0. The van der Waals surface area contributed by atoms with Crippen molar-refractivity contribution in [2.75, 3.05) is 11.9 Å². The van der Waals surface area contributed by atoms with E-state index in [1.54, 1.807) is 24.3 Å². The highest BCUT2D eigenvalue weighted by molar-refractivity contribution is 5.89. The van der Waals surface area contributed by atoms with Gasteiger partial charge in [0.25, 0.3) is 0 Å². The molecule has 24 heavy (non-hydrogen) atoms. The van der Waals surface area contributed by atoms with Gasteiger partial charge in [-0.3, -0.25) is 0 Å². The van der Waals surface area contributed by atoms with E-state index in [4.69, 9.17) is 5.26 Å². The van der Waals surface area contributed by atoms with Crippen molar-refractivity contribution in [2.45, 2.75) is 24.9 Å². The average Bonchev–Trinajstić information content (AvgIpc) is 2.61. The number of benzene rings is 2. The Morgan fingerprint density at radius 2 is 1.96 bits per heavy atom. The van der Waals surface area contributed by atoms with Crippen LogP contribution in [0.4, 0.5) is 10.5 Å². The Hall–Kier alpha value is -2.84. The zero-order valence-corrected chi connectivity index (χ0v) is 13.2. The van der Waals surface area contributed by atoms with Gasteiger partial charge < -0.3 is 15.7 Å². The van der Waals surface area contributed by atoms with E-state index in [1.165, 1.54) is 0 Å². The molecule has 3 rings (SSSR count). The molecule has 0 radical (unpaired) electrons. The van der Waals surface area contributed by atoms with Gasteiger partial charge in [-0.15, -0.1) is 0 Å². The molecule has 0 aromatic heterocycles. The average molecular weight is 321 g/mol. The summed E-state index contributed by atoms with van der Waals surface area (Å²) in [4.78, 5) is 12.1. The molecular weight excluding hydrogens is 302 g/mol. The Balaban J connectivity index is 1.63. The molecule has 2 aromatic carbocycles. The normalized spacial score (nSPS) is 19.0. The van der Waals surface area contributed by atoms with Gasteiger partial charge in [0, 0.05) is 5.69 Å².